The molecule has 2 fully saturated rings. The Balaban J connectivity index is 1.45. The van der Waals surface area contributed by atoms with E-state index in [1.165, 1.54) is 20.7 Å². The lowest BCUT2D eigenvalue weighted by Crippen LogP contribution is -2.51. The highest BCUT2D eigenvalue weighted by Gasteiger charge is 2.34. The Bertz CT molecular complexity index is 1190. The number of alkyl halides is 3. The zero-order chi connectivity index (χ0) is 26.6. The lowest BCUT2D eigenvalue weighted by Gasteiger charge is -2.36. The standard InChI is InChI=1S/C20H24ClF4N7O4S/c21-15-11-14(1-2-16(15)22)27-18-28-17(29-19(30-18)36-12-20(23,24)25)26-13-3-5-31(6-4-13)37(33,34)32-7-9-35-10-8-32/h1-2,11,13H,3-10,12H2,(H2,26,27,28,29,30). The van der Waals surface area contributed by atoms with Crippen LogP contribution in [0.5, 0.6) is 6.01 Å². The predicted octanol–water partition coefficient (Wildman–Crippen LogP) is 2.80. The summed E-state index contributed by atoms with van der Waals surface area (Å²) in [6.45, 7) is 0.127. The summed E-state index contributed by atoms with van der Waals surface area (Å²) in [6.07, 6.45) is -3.80. The second kappa shape index (κ2) is 11.5. The number of aromatic nitrogens is 3. The Labute approximate surface area is 215 Å². The van der Waals surface area contributed by atoms with Crippen LogP contribution in [0.15, 0.2) is 18.2 Å². The van der Waals surface area contributed by atoms with Gasteiger partial charge in [0.25, 0.3) is 10.2 Å². The van der Waals surface area contributed by atoms with E-state index in [1.807, 2.05) is 0 Å². The zero-order valence-electron chi connectivity index (χ0n) is 19.3. The molecule has 2 aromatic rings. The van der Waals surface area contributed by atoms with E-state index in [0.29, 0.717) is 39.1 Å². The number of hydrogen-bond donors (Lipinski definition) is 2. The van der Waals surface area contributed by atoms with Gasteiger partial charge < -0.3 is 20.1 Å². The van der Waals surface area contributed by atoms with Crippen LogP contribution in [0.3, 0.4) is 0 Å². The van der Waals surface area contributed by atoms with Gasteiger partial charge in [-0.05, 0) is 31.0 Å². The summed E-state index contributed by atoms with van der Waals surface area (Å²) in [5, 5.41) is 5.57. The Hall–Kier alpha value is -2.53. The summed E-state index contributed by atoms with van der Waals surface area (Å²) in [4.78, 5) is 11.9. The first-order valence-electron chi connectivity index (χ1n) is 11.3. The average Bonchev–Trinajstić information content (AvgIpc) is 2.85. The number of nitrogens with one attached hydrogen (secondary N) is 2. The maximum absolute atomic E-state index is 13.5. The van der Waals surface area contributed by atoms with Crippen molar-refractivity contribution in [3.8, 4) is 6.01 Å². The third kappa shape index (κ3) is 7.50. The Morgan fingerprint density at radius 3 is 2.35 bits per heavy atom. The number of benzene rings is 1. The van der Waals surface area contributed by atoms with E-state index in [4.69, 9.17) is 21.1 Å². The van der Waals surface area contributed by atoms with Crippen molar-refractivity contribution in [3.05, 3.63) is 29.0 Å². The minimum absolute atomic E-state index is 0.0719. The van der Waals surface area contributed by atoms with E-state index < -0.39 is 34.8 Å². The maximum atomic E-state index is 13.5. The quantitative estimate of drug-likeness (QED) is 0.462. The smallest absolute Gasteiger partial charge is 0.422 e. The molecule has 2 saturated heterocycles. The lowest BCUT2D eigenvalue weighted by molar-refractivity contribution is -0.154. The normalized spacial score (nSPS) is 18.5. The van der Waals surface area contributed by atoms with E-state index in [0.717, 1.165) is 6.07 Å². The molecule has 4 rings (SSSR count). The summed E-state index contributed by atoms with van der Waals surface area (Å²) in [5.41, 5.74) is 0.284. The topological polar surface area (TPSA) is 122 Å². The lowest BCUT2D eigenvalue weighted by atomic mass is 10.1. The van der Waals surface area contributed by atoms with Gasteiger partial charge in [-0.2, -0.15) is 45.2 Å². The molecule has 0 saturated carbocycles. The highest BCUT2D eigenvalue weighted by molar-refractivity contribution is 7.86. The van der Waals surface area contributed by atoms with E-state index >= 15 is 0 Å². The molecule has 0 unspecified atom stereocenters. The van der Waals surface area contributed by atoms with Crippen molar-refractivity contribution >= 4 is 39.4 Å². The molecule has 0 aliphatic carbocycles. The number of ether oxygens (including phenoxy) is 2. The van der Waals surface area contributed by atoms with E-state index in [-0.39, 0.29) is 41.7 Å². The van der Waals surface area contributed by atoms with Gasteiger partial charge in [0.1, 0.15) is 5.82 Å². The van der Waals surface area contributed by atoms with Crippen molar-refractivity contribution < 1.29 is 35.5 Å². The third-order valence-corrected chi connectivity index (χ3v) is 7.89. The first-order chi connectivity index (χ1) is 17.5. The summed E-state index contributed by atoms with van der Waals surface area (Å²) < 4.78 is 89.9. The maximum Gasteiger partial charge on any atom is 0.422 e. The molecule has 204 valence electrons. The van der Waals surface area contributed by atoms with Crippen LogP contribution in [0, 0.1) is 5.82 Å². The molecule has 17 heteroatoms. The van der Waals surface area contributed by atoms with Crippen LogP contribution in [-0.4, -0.2) is 90.2 Å². The molecule has 0 radical (unpaired) electrons. The predicted molar refractivity (Wildman–Crippen MR) is 126 cm³/mol. The molecular formula is C20H24ClF4N7O4S. The zero-order valence-corrected chi connectivity index (χ0v) is 20.9. The summed E-state index contributed by atoms with van der Waals surface area (Å²) in [7, 11) is -3.61. The van der Waals surface area contributed by atoms with Crippen LogP contribution in [0.25, 0.3) is 0 Å². The van der Waals surface area contributed by atoms with Gasteiger partial charge in [-0.1, -0.05) is 11.6 Å². The summed E-state index contributed by atoms with van der Waals surface area (Å²) >= 11 is 5.78. The number of morpholine rings is 1. The van der Waals surface area contributed by atoms with Crippen LogP contribution in [0.2, 0.25) is 5.02 Å². The van der Waals surface area contributed by atoms with Crippen molar-refractivity contribution in [2.45, 2.75) is 25.1 Å². The molecule has 2 aliphatic heterocycles. The second-order valence-corrected chi connectivity index (χ2v) is 10.6. The minimum atomic E-state index is -4.61. The highest BCUT2D eigenvalue weighted by Crippen LogP contribution is 2.25. The molecule has 0 bridgehead atoms. The van der Waals surface area contributed by atoms with Gasteiger partial charge in [0.05, 0.1) is 18.2 Å². The Kier molecular flexibility index (Phi) is 8.52. The van der Waals surface area contributed by atoms with Gasteiger partial charge in [-0.25, -0.2) is 4.39 Å². The summed E-state index contributed by atoms with van der Waals surface area (Å²) in [5.74, 6) is -0.886. The minimum Gasteiger partial charge on any atom is -0.454 e. The Morgan fingerprint density at radius 2 is 1.70 bits per heavy atom. The number of halogens is 5. The number of hydrogen-bond acceptors (Lipinski definition) is 9. The molecule has 2 N–H and O–H groups in total. The molecule has 0 atom stereocenters. The molecule has 3 heterocycles. The van der Waals surface area contributed by atoms with Gasteiger partial charge in [0, 0.05) is 37.9 Å². The molecule has 37 heavy (non-hydrogen) atoms. The summed E-state index contributed by atoms with van der Waals surface area (Å²) in [6, 6.07) is 2.86. The number of nitrogens with zero attached hydrogens (tertiary/aromatic N) is 5. The molecular weight excluding hydrogens is 546 g/mol. The van der Waals surface area contributed by atoms with Crippen molar-refractivity contribution in [1.29, 1.82) is 0 Å². The van der Waals surface area contributed by atoms with Gasteiger partial charge >= 0.3 is 12.2 Å². The molecule has 0 spiro atoms. The van der Waals surface area contributed by atoms with Gasteiger partial charge in [0.15, 0.2) is 6.61 Å². The molecule has 1 aromatic carbocycles. The monoisotopic (exact) mass is 569 g/mol. The molecule has 1 aromatic heterocycles. The fourth-order valence-electron chi connectivity index (χ4n) is 3.74. The fourth-order valence-corrected chi connectivity index (χ4v) is 5.53. The van der Waals surface area contributed by atoms with Crippen molar-refractivity contribution in [2.24, 2.45) is 0 Å². The van der Waals surface area contributed by atoms with E-state index in [1.54, 1.807) is 0 Å². The van der Waals surface area contributed by atoms with Crippen molar-refractivity contribution in [1.82, 2.24) is 23.6 Å². The number of anilines is 3. The SMILES string of the molecule is O=S(=O)(N1CCOCC1)N1CCC(Nc2nc(Nc3ccc(F)c(Cl)c3)nc(OCC(F)(F)F)n2)CC1. The van der Waals surface area contributed by atoms with E-state index in [2.05, 4.69) is 25.6 Å². The second-order valence-electron chi connectivity index (χ2n) is 8.26. The molecule has 0 amide bonds. The van der Waals surface area contributed by atoms with E-state index in [9.17, 15) is 26.0 Å². The van der Waals surface area contributed by atoms with Gasteiger partial charge in [-0.15, -0.1) is 0 Å². The first-order valence-corrected chi connectivity index (χ1v) is 13.0. The van der Waals surface area contributed by atoms with Crippen LogP contribution < -0.4 is 15.4 Å². The largest absolute Gasteiger partial charge is 0.454 e. The first kappa shape index (κ1) is 27.5. The van der Waals surface area contributed by atoms with Crippen molar-refractivity contribution in [3.63, 3.8) is 0 Å². The van der Waals surface area contributed by atoms with Crippen LogP contribution in [0.4, 0.5) is 35.1 Å². The number of piperidine rings is 1. The molecule has 2 aliphatic rings. The van der Waals surface area contributed by atoms with Gasteiger partial charge in [0.2, 0.25) is 11.9 Å². The molecule has 11 nitrogen and oxygen atoms in total. The fraction of sp³-hybridized carbons (Fsp3) is 0.550. The third-order valence-electron chi connectivity index (χ3n) is 5.57. The average molecular weight is 570 g/mol. The number of rotatable bonds is 8. The van der Waals surface area contributed by atoms with Crippen LogP contribution in [-0.2, 0) is 14.9 Å². The Morgan fingerprint density at radius 1 is 1.05 bits per heavy atom. The van der Waals surface area contributed by atoms with Crippen molar-refractivity contribution in [2.75, 3.05) is 56.6 Å². The van der Waals surface area contributed by atoms with Gasteiger partial charge in [-0.3, -0.25) is 0 Å². The highest BCUT2D eigenvalue weighted by atomic mass is 35.5. The van der Waals surface area contributed by atoms with Crippen LogP contribution >= 0.6 is 11.6 Å². The van der Waals surface area contributed by atoms with Crippen LogP contribution in [0.1, 0.15) is 12.8 Å².